The second kappa shape index (κ2) is 3.97. The van der Waals surface area contributed by atoms with Gasteiger partial charge < -0.3 is 10.4 Å². The molecule has 0 saturated heterocycles. The molecule has 1 aromatic rings. The zero-order valence-electron chi connectivity index (χ0n) is 10.0. The first-order chi connectivity index (χ1) is 8.60. The number of benzene rings is 1. The Labute approximate surface area is 105 Å². The molecule has 0 radical (unpaired) electrons. The fraction of sp³-hybridized carbons (Fsp3) is 0.500. The Balaban J connectivity index is 1.90. The predicted molar refractivity (Wildman–Crippen MR) is 65.8 cm³/mol. The number of aliphatic carboxylic acids is 1. The first-order valence-electron chi connectivity index (χ1n) is 6.37. The summed E-state index contributed by atoms with van der Waals surface area (Å²) in [5.41, 5.74) is -0.332. The molecule has 3 unspecified atom stereocenters. The van der Waals surface area contributed by atoms with Crippen LogP contribution in [0, 0.1) is 17.7 Å². The Hall–Kier alpha value is -1.58. The highest BCUT2D eigenvalue weighted by Gasteiger charge is 2.56. The number of carbonyl (C=O) groups is 1. The van der Waals surface area contributed by atoms with Crippen LogP contribution in [0.1, 0.15) is 25.7 Å². The molecular weight excluding hydrogens is 233 g/mol. The molecule has 3 nitrogen and oxygen atoms in total. The lowest BCUT2D eigenvalue weighted by Gasteiger charge is -2.35. The fourth-order valence-electron chi connectivity index (χ4n) is 3.62. The van der Waals surface area contributed by atoms with Gasteiger partial charge in [-0.3, -0.25) is 0 Å². The van der Waals surface area contributed by atoms with Gasteiger partial charge >= 0.3 is 5.97 Å². The van der Waals surface area contributed by atoms with E-state index >= 15 is 0 Å². The summed E-state index contributed by atoms with van der Waals surface area (Å²) in [4.78, 5) is 11.6. The van der Waals surface area contributed by atoms with Gasteiger partial charge in [0.25, 0.3) is 0 Å². The van der Waals surface area contributed by atoms with E-state index in [0.29, 0.717) is 18.0 Å². The lowest BCUT2D eigenvalue weighted by molar-refractivity contribution is -0.144. The van der Waals surface area contributed by atoms with Gasteiger partial charge in [-0.15, -0.1) is 0 Å². The Bertz CT molecular complexity index is 490. The van der Waals surface area contributed by atoms with Crippen molar-refractivity contribution in [3.05, 3.63) is 30.1 Å². The summed E-state index contributed by atoms with van der Waals surface area (Å²) >= 11 is 0. The van der Waals surface area contributed by atoms with Crippen molar-refractivity contribution in [2.24, 2.45) is 11.8 Å². The Morgan fingerprint density at radius 1 is 1.44 bits per heavy atom. The number of fused-ring (bicyclic) bond motifs is 2. The minimum absolute atomic E-state index is 0.170. The zero-order chi connectivity index (χ0) is 12.8. The van der Waals surface area contributed by atoms with Crippen LogP contribution in [0.25, 0.3) is 0 Å². The van der Waals surface area contributed by atoms with Gasteiger partial charge in [0, 0.05) is 5.69 Å². The summed E-state index contributed by atoms with van der Waals surface area (Å²) < 4.78 is 13.2. The van der Waals surface area contributed by atoms with Crippen LogP contribution < -0.4 is 5.32 Å². The van der Waals surface area contributed by atoms with Crippen molar-refractivity contribution in [1.82, 2.24) is 0 Å². The lowest BCUT2D eigenvalue weighted by atomic mass is 9.80. The van der Waals surface area contributed by atoms with Crippen molar-refractivity contribution in [2.45, 2.75) is 31.2 Å². The SMILES string of the molecule is O=C(O)C1(Nc2cccc(F)c2)CC2CCC1C2. The molecule has 96 valence electrons. The van der Waals surface area contributed by atoms with Crippen LogP contribution in [-0.4, -0.2) is 16.6 Å². The Morgan fingerprint density at radius 2 is 2.28 bits per heavy atom. The third kappa shape index (κ3) is 1.67. The van der Waals surface area contributed by atoms with E-state index in [0.717, 1.165) is 19.3 Å². The minimum Gasteiger partial charge on any atom is -0.479 e. The van der Waals surface area contributed by atoms with Crippen molar-refractivity contribution >= 4 is 11.7 Å². The van der Waals surface area contributed by atoms with E-state index in [4.69, 9.17) is 0 Å². The molecule has 0 heterocycles. The van der Waals surface area contributed by atoms with Crippen molar-refractivity contribution < 1.29 is 14.3 Å². The molecule has 1 aromatic carbocycles. The highest BCUT2D eigenvalue weighted by molar-refractivity contribution is 5.84. The fourth-order valence-corrected chi connectivity index (χ4v) is 3.62. The standard InChI is InChI=1S/C14H16FNO2/c15-11-2-1-3-12(7-11)16-14(13(17)18)8-9-4-5-10(14)6-9/h1-3,7,9-10,16H,4-6,8H2,(H,17,18). The van der Waals surface area contributed by atoms with E-state index in [2.05, 4.69) is 5.32 Å². The van der Waals surface area contributed by atoms with E-state index in [1.54, 1.807) is 12.1 Å². The largest absolute Gasteiger partial charge is 0.479 e. The van der Waals surface area contributed by atoms with Crippen molar-refractivity contribution in [3.63, 3.8) is 0 Å². The van der Waals surface area contributed by atoms with Crippen LogP contribution in [0.2, 0.25) is 0 Å². The van der Waals surface area contributed by atoms with Gasteiger partial charge in [0.2, 0.25) is 0 Å². The highest BCUT2D eigenvalue weighted by atomic mass is 19.1. The summed E-state index contributed by atoms with van der Waals surface area (Å²) in [6, 6.07) is 6.04. The maximum absolute atomic E-state index is 13.2. The molecular formula is C14H16FNO2. The van der Waals surface area contributed by atoms with E-state index in [1.165, 1.54) is 12.1 Å². The molecule has 0 aliphatic heterocycles. The van der Waals surface area contributed by atoms with Gasteiger partial charge in [-0.05, 0) is 55.7 Å². The van der Waals surface area contributed by atoms with E-state index in [-0.39, 0.29) is 11.7 Å². The topological polar surface area (TPSA) is 49.3 Å². The normalized spacial score (nSPS) is 33.6. The van der Waals surface area contributed by atoms with E-state index in [1.807, 2.05) is 0 Å². The Kier molecular flexibility index (Phi) is 2.54. The predicted octanol–water partition coefficient (Wildman–Crippen LogP) is 2.88. The smallest absolute Gasteiger partial charge is 0.329 e. The summed E-state index contributed by atoms with van der Waals surface area (Å²) in [5.74, 6) is -0.474. The number of anilines is 1. The van der Waals surface area contributed by atoms with Gasteiger partial charge in [-0.2, -0.15) is 0 Å². The molecule has 0 aromatic heterocycles. The summed E-state index contributed by atoms with van der Waals surface area (Å²) in [5, 5.41) is 12.6. The van der Waals surface area contributed by atoms with Crippen molar-refractivity contribution in [3.8, 4) is 0 Å². The van der Waals surface area contributed by atoms with Gasteiger partial charge in [0.1, 0.15) is 11.4 Å². The number of halogens is 1. The van der Waals surface area contributed by atoms with Crippen LogP contribution in [0.15, 0.2) is 24.3 Å². The van der Waals surface area contributed by atoms with Crippen LogP contribution in [0.3, 0.4) is 0 Å². The van der Waals surface area contributed by atoms with Crippen LogP contribution in [0.5, 0.6) is 0 Å². The number of hydrogen-bond donors (Lipinski definition) is 2. The second-order valence-electron chi connectivity index (χ2n) is 5.49. The van der Waals surface area contributed by atoms with Crippen LogP contribution in [-0.2, 0) is 4.79 Å². The first kappa shape index (κ1) is 11.5. The van der Waals surface area contributed by atoms with Gasteiger partial charge in [-0.1, -0.05) is 6.07 Å². The molecule has 2 bridgehead atoms. The Morgan fingerprint density at radius 3 is 2.83 bits per heavy atom. The number of nitrogens with one attached hydrogen (secondary N) is 1. The maximum Gasteiger partial charge on any atom is 0.329 e. The molecule has 2 aliphatic rings. The van der Waals surface area contributed by atoms with Gasteiger partial charge in [0.15, 0.2) is 0 Å². The molecule has 3 atom stereocenters. The number of carboxylic acids is 1. The number of rotatable bonds is 3. The minimum atomic E-state index is -0.892. The van der Waals surface area contributed by atoms with Gasteiger partial charge in [0.05, 0.1) is 0 Å². The molecule has 18 heavy (non-hydrogen) atoms. The summed E-state index contributed by atoms with van der Waals surface area (Å²) in [6.07, 6.45) is 3.72. The third-order valence-electron chi connectivity index (χ3n) is 4.42. The average molecular weight is 249 g/mol. The van der Waals surface area contributed by atoms with Crippen molar-refractivity contribution in [1.29, 1.82) is 0 Å². The van der Waals surface area contributed by atoms with Crippen LogP contribution >= 0.6 is 0 Å². The van der Waals surface area contributed by atoms with E-state index < -0.39 is 11.5 Å². The van der Waals surface area contributed by atoms with E-state index in [9.17, 15) is 14.3 Å². The first-order valence-corrected chi connectivity index (χ1v) is 6.37. The molecule has 0 amide bonds. The average Bonchev–Trinajstić information content (AvgIpc) is 2.89. The number of carboxylic acid groups (broad SMARTS) is 1. The highest BCUT2D eigenvalue weighted by Crippen LogP contribution is 2.52. The maximum atomic E-state index is 13.2. The quantitative estimate of drug-likeness (QED) is 0.866. The van der Waals surface area contributed by atoms with Gasteiger partial charge in [-0.25, -0.2) is 9.18 Å². The zero-order valence-corrected chi connectivity index (χ0v) is 10.0. The molecule has 2 fully saturated rings. The molecule has 3 rings (SSSR count). The molecule has 4 heteroatoms. The lowest BCUT2D eigenvalue weighted by Crippen LogP contribution is -2.50. The second-order valence-corrected chi connectivity index (χ2v) is 5.49. The molecule has 2 saturated carbocycles. The van der Waals surface area contributed by atoms with Crippen LogP contribution in [0.4, 0.5) is 10.1 Å². The van der Waals surface area contributed by atoms with Crippen molar-refractivity contribution in [2.75, 3.05) is 5.32 Å². The molecule has 0 spiro atoms. The number of hydrogen-bond acceptors (Lipinski definition) is 2. The monoisotopic (exact) mass is 249 g/mol. The third-order valence-corrected chi connectivity index (χ3v) is 4.42. The summed E-state index contributed by atoms with van der Waals surface area (Å²) in [6.45, 7) is 0. The molecule has 2 aliphatic carbocycles. The molecule has 2 N–H and O–H groups in total. The summed E-state index contributed by atoms with van der Waals surface area (Å²) in [7, 11) is 0.